The minimum atomic E-state index is -0.653. The highest BCUT2D eigenvalue weighted by Gasteiger charge is 2.55. The fourth-order valence-electron chi connectivity index (χ4n) is 23.6. The predicted octanol–water partition coefficient (Wildman–Crippen LogP) is 30.1. The zero-order valence-electron chi connectivity index (χ0n) is 80.5. The van der Waals surface area contributed by atoms with Gasteiger partial charge in [0.1, 0.15) is 0 Å². The number of nitrogens with zero attached hydrogens (tertiary/aromatic N) is 5. The Bertz CT molecular complexity index is 7740. The van der Waals surface area contributed by atoms with Crippen molar-refractivity contribution in [2.75, 3.05) is 19.6 Å². The summed E-state index contributed by atoms with van der Waals surface area (Å²) in [7, 11) is 0. The van der Waals surface area contributed by atoms with Crippen molar-refractivity contribution in [2.45, 2.75) is 163 Å². The molecular weight excluding hydrogens is 1620 g/mol. The SMILES string of the molecule is CC(C)(C)c1cccc(N2c3cc4c(cc3B3c5ccccc5N(c5c(-c6ccccc6)cc(C(C)(C)C)cc5-c5ccccc5)c5cc(-n6c7ccccc7c7ccccc76)cc2c53)B2c3ccccc3N(c3cc(C(C)(C)C)cc(C(C)(C)C)c3)c3cc(-c5cccc6c5C5(c7ccccc7-c7ccccc75)c5ccccc5-6)cc(c32)N4c2cc(C(C)(C)C)cc(C(C)(C)C)c2)c1. The highest BCUT2D eigenvalue weighted by atomic mass is 15.2. The quantitative estimate of drug-likeness (QED) is 0.141. The van der Waals surface area contributed by atoms with E-state index in [0.717, 1.165) is 90.3 Å². The van der Waals surface area contributed by atoms with E-state index < -0.39 is 5.41 Å². The highest BCUT2D eigenvalue weighted by Crippen LogP contribution is 2.66. The van der Waals surface area contributed by atoms with E-state index in [1.54, 1.807) is 0 Å². The molecule has 2 aliphatic carbocycles. The molecule has 0 unspecified atom stereocenters. The van der Waals surface area contributed by atoms with Crippen LogP contribution >= 0.6 is 0 Å². The fourth-order valence-corrected chi connectivity index (χ4v) is 23.6. The topological polar surface area (TPSA) is 17.9 Å². The molecule has 7 heteroatoms. The maximum absolute atomic E-state index is 2.79. The lowest BCUT2D eigenvalue weighted by Crippen LogP contribution is -2.65. The van der Waals surface area contributed by atoms with Crippen molar-refractivity contribution in [3.63, 3.8) is 0 Å². The molecule has 134 heavy (non-hydrogen) atoms. The van der Waals surface area contributed by atoms with Gasteiger partial charge in [0.15, 0.2) is 0 Å². The molecule has 17 aromatic carbocycles. The molecule has 0 saturated heterocycles. The van der Waals surface area contributed by atoms with E-state index in [-0.39, 0.29) is 45.9 Å². The summed E-state index contributed by atoms with van der Waals surface area (Å²) in [5, 5.41) is 2.43. The normalized spacial score (nSPS) is 14.3. The van der Waals surface area contributed by atoms with E-state index in [0.29, 0.717) is 0 Å². The Balaban J connectivity index is 0.872. The van der Waals surface area contributed by atoms with Gasteiger partial charge in [-0.3, -0.25) is 0 Å². The number of fused-ring (bicyclic) bond motifs is 21. The van der Waals surface area contributed by atoms with Crippen molar-refractivity contribution >= 4 is 136 Å². The van der Waals surface area contributed by atoms with Gasteiger partial charge in [-0.2, -0.15) is 0 Å². The number of benzene rings is 17. The van der Waals surface area contributed by atoms with Gasteiger partial charge in [0, 0.05) is 84.5 Å². The summed E-state index contributed by atoms with van der Waals surface area (Å²) in [5.41, 5.74) is 47.8. The molecule has 4 aliphatic heterocycles. The third-order valence-electron chi connectivity index (χ3n) is 30.4. The molecule has 0 bridgehead atoms. The van der Waals surface area contributed by atoms with Crippen LogP contribution in [0.5, 0.6) is 0 Å². The first-order valence-electron chi connectivity index (χ1n) is 48.3. The molecule has 1 spiro atoms. The molecule has 0 radical (unpaired) electrons. The van der Waals surface area contributed by atoms with Crippen LogP contribution in [0.15, 0.2) is 358 Å². The second-order valence-electron chi connectivity index (χ2n) is 44.8. The van der Waals surface area contributed by atoms with Gasteiger partial charge in [0.05, 0.1) is 27.8 Å². The van der Waals surface area contributed by atoms with Gasteiger partial charge in [0.2, 0.25) is 0 Å². The molecule has 5 nitrogen and oxygen atoms in total. The first-order chi connectivity index (χ1) is 64.3. The van der Waals surface area contributed by atoms with Gasteiger partial charge in [-0.05, 0) is 269 Å². The molecule has 5 heterocycles. The average Bonchev–Trinajstić information content (AvgIpc) is 1.34. The predicted molar refractivity (Wildman–Crippen MR) is 574 cm³/mol. The average molecular weight is 1730 g/mol. The molecule has 0 N–H and O–H groups in total. The number of para-hydroxylation sites is 4. The van der Waals surface area contributed by atoms with Crippen LogP contribution in [-0.2, 0) is 37.9 Å². The Morgan fingerprint density at radius 1 is 0.209 bits per heavy atom. The Morgan fingerprint density at radius 3 is 1.03 bits per heavy atom. The Kier molecular flexibility index (Phi) is 18.2. The van der Waals surface area contributed by atoms with Crippen molar-refractivity contribution in [1.82, 2.24) is 4.57 Å². The van der Waals surface area contributed by atoms with Crippen LogP contribution in [0.4, 0.5) is 68.2 Å². The maximum Gasteiger partial charge on any atom is 0.252 e. The monoisotopic (exact) mass is 1730 g/mol. The molecule has 652 valence electrons. The van der Waals surface area contributed by atoms with E-state index >= 15 is 0 Å². The van der Waals surface area contributed by atoms with Crippen LogP contribution in [0.1, 0.15) is 180 Å². The van der Waals surface area contributed by atoms with Crippen LogP contribution in [0.3, 0.4) is 0 Å². The van der Waals surface area contributed by atoms with E-state index in [2.05, 4.69) is 507 Å². The van der Waals surface area contributed by atoms with Gasteiger partial charge in [-0.15, -0.1) is 0 Å². The van der Waals surface area contributed by atoms with Crippen LogP contribution in [0, 0.1) is 0 Å². The minimum Gasteiger partial charge on any atom is -0.311 e. The Morgan fingerprint density at radius 2 is 0.560 bits per heavy atom. The Hall–Kier alpha value is -14.1. The summed E-state index contributed by atoms with van der Waals surface area (Å²) < 4.78 is 2.57. The fraction of sp³-hybridized carbons (Fsp3) is 0.197. The largest absolute Gasteiger partial charge is 0.311 e. The van der Waals surface area contributed by atoms with Crippen LogP contribution in [0.25, 0.3) is 83.1 Å². The van der Waals surface area contributed by atoms with Crippen molar-refractivity contribution in [2.24, 2.45) is 0 Å². The second kappa shape index (κ2) is 29.4. The summed E-state index contributed by atoms with van der Waals surface area (Å²) in [6.45, 7) is 42.4. The van der Waals surface area contributed by atoms with Gasteiger partial charge in [0.25, 0.3) is 13.4 Å². The summed E-state index contributed by atoms with van der Waals surface area (Å²) in [5.74, 6) is 0. The second-order valence-corrected chi connectivity index (χ2v) is 44.8. The zero-order chi connectivity index (χ0) is 92.1. The van der Waals surface area contributed by atoms with Crippen LogP contribution < -0.4 is 52.4 Å². The van der Waals surface area contributed by atoms with Crippen molar-refractivity contribution in [3.8, 4) is 61.3 Å². The van der Waals surface area contributed by atoms with Crippen molar-refractivity contribution in [3.05, 3.63) is 414 Å². The van der Waals surface area contributed by atoms with Crippen LogP contribution in [0.2, 0.25) is 0 Å². The number of aromatic nitrogens is 1. The number of rotatable bonds is 8. The molecule has 24 rings (SSSR count). The number of hydrogen-bond donors (Lipinski definition) is 0. The molecule has 0 saturated carbocycles. The molecule has 18 aromatic rings. The molecule has 0 fully saturated rings. The lowest BCUT2D eigenvalue weighted by molar-refractivity contribution is 0.568. The van der Waals surface area contributed by atoms with Gasteiger partial charge < -0.3 is 24.2 Å². The molecule has 0 amide bonds. The Labute approximate surface area is 792 Å². The third-order valence-corrected chi connectivity index (χ3v) is 30.4. The zero-order valence-corrected chi connectivity index (χ0v) is 80.5. The van der Waals surface area contributed by atoms with E-state index in [9.17, 15) is 0 Å². The van der Waals surface area contributed by atoms with Crippen molar-refractivity contribution < 1.29 is 0 Å². The standard InChI is InChI=1S/C127H113B2N5/c1-121(2,3)81-45-39-46-87(67-81)130-111-77-112-106(76-105(111)129-104-58-34-38-62-110(104)134(116-75-90(74-115(130)119(116)129)131-107-59-35-28-50-95(107)96-51-29-36-60-108(96)131)120-98(78-41-21-19-22-42-78)72-86(126(16,17)18)73-99(120)79-43-23-20-24-44-79)128-103-57-33-37-61-109(103)132(88-68-82(122(4,5)6)65-83(69-88)123(7,8)9)113-63-80(64-114(118(113)128)133(112)89-70-84(124(10,11)12)66-85(71-89)125(13,14)15)91-52-40-53-97-94-49-27-32-56-102(94)127(117(91)97)100-54-30-25-47-92(100)93-48-26-31-55-101(93)127/h19-77H,1-18H3. The summed E-state index contributed by atoms with van der Waals surface area (Å²) >= 11 is 0. The van der Waals surface area contributed by atoms with Crippen LogP contribution in [-0.4, -0.2) is 18.0 Å². The van der Waals surface area contributed by atoms with E-state index in [1.807, 2.05) is 0 Å². The lowest BCUT2D eigenvalue weighted by Gasteiger charge is -2.48. The van der Waals surface area contributed by atoms with Crippen molar-refractivity contribution in [1.29, 1.82) is 0 Å². The van der Waals surface area contributed by atoms with E-state index in [1.165, 1.54) is 150 Å². The summed E-state index contributed by atoms with van der Waals surface area (Å²) in [6.07, 6.45) is 0. The first-order valence-corrected chi connectivity index (χ1v) is 48.3. The summed E-state index contributed by atoms with van der Waals surface area (Å²) in [4.78, 5) is 11.0. The number of anilines is 12. The highest BCUT2D eigenvalue weighted by molar-refractivity contribution is 7.03. The third kappa shape index (κ3) is 12.5. The lowest BCUT2D eigenvalue weighted by atomic mass is 9.30. The molecule has 1 aromatic heterocycles. The van der Waals surface area contributed by atoms with Gasteiger partial charge >= 0.3 is 0 Å². The minimum absolute atomic E-state index is 0.193. The number of hydrogen-bond acceptors (Lipinski definition) is 4. The smallest absolute Gasteiger partial charge is 0.252 e. The molecule has 6 aliphatic rings. The molecule has 0 atom stereocenters. The molecular formula is C127H113B2N5. The van der Waals surface area contributed by atoms with Gasteiger partial charge in [-0.1, -0.05) is 379 Å². The van der Waals surface area contributed by atoms with Gasteiger partial charge in [-0.25, -0.2) is 0 Å². The van der Waals surface area contributed by atoms with E-state index in [4.69, 9.17) is 0 Å². The first kappa shape index (κ1) is 83.0. The maximum atomic E-state index is 2.79. The summed E-state index contributed by atoms with van der Waals surface area (Å²) in [6, 6.07) is 141.